The minimum atomic E-state index is 0.877. The number of benzene rings is 8. The Bertz CT molecular complexity index is 2720. The number of hydrogen-bond acceptors (Lipinski definition) is 3. The van der Waals surface area contributed by atoms with E-state index in [-0.39, 0.29) is 0 Å². The summed E-state index contributed by atoms with van der Waals surface area (Å²) in [5.41, 5.74) is 11.5. The molecule has 3 heteroatoms. The normalized spacial score (nSPS) is 11.7. The van der Waals surface area contributed by atoms with Crippen LogP contribution in [-0.2, 0) is 0 Å². The molecule has 10 aromatic rings. The third-order valence-corrected chi connectivity index (χ3v) is 9.66. The van der Waals surface area contributed by atoms with Crippen LogP contribution in [0.2, 0.25) is 0 Å². The molecule has 3 nitrogen and oxygen atoms in total. The van der Waals surface area contributed by atoms with Gasteiger partial charge in [0.05, 0.1) is 0 Å². The molecule has 0 radical (unpaired) electrons. The van der Waals surface area contributed by atoms with E-state index in [1.54, 1.807) is 0 Å². The van der Waals surface area contributed by atoms with Crippen LogP contribution in [0.3, 0.4) is 0 Å². The van der Waals surface area contributed by atoms with Crippen LogP contribution >= 0.6 is 0 Å². The van der Waals surface area contributed by atoms with Crippen molar-refractivity contribution >= 4 is 71.7 Å². The molecule has 2 aromatic heterocycles. The lowest BCUT2D eigenvalue weighted by Gasteiger charge is -2.26. The van der Waals surface area contributed by atoms with E-state index < -0.39 is 0 Å². The summed E-state index contributed by atoms with van der Waals surface area (Å²) in [4.78, 5) is 2.32. The van der Waals surface area contributed by atoms with E-state index in [9.17, 15) is 0 Å². The van der Waals surface area contributed by atoms with Gasteiger partial charge >= 0.3 is 0 Å². The van der Waals surface area contributed by atoms with Crippen LogP contribution in [0.25, 0.3) is 76.9 Å². The molecule has 0 N–H and O–H groups in total. The van der Waals surface area contributed by atoms with E-state index >= 15 is 0 Å². The second-order valence-electron chi connectivity index (χ2n) is 12.5. The molecule has 0 aliphatic heterocycles. The Morgan fingerprint density at radius 3 is 1.49 bits per heavy atom. The summed E-state index contributed by atoms with van der Waals surface area (Å²) in [6.45, 7) is 0. The number of fused-ring (bicyclic) bond motifs is 7. The van der Waals surface area contributed by atoms with Crippen molar-refractivity contribution in [2.45, 2.75) is 0 Å². The third-order valence-electron chi connectivity index (χ3n) is 9.66. The van der Waals surface area contributed by atoms with Gasteiger partial charge in [0.15, 0.2) is 0 Å². The van der Waals surface area contributed by atoms with Gasteiger partial charge in [0.25, 0.3) is 0 Å². The number of hydrogen-bond donors (Lipinski definition) is 0. The maximum absolute atomic E-state index is 6.19. The first-order chi connectivity index (χ1) is 24.3. The van der Waals surface area contributed by atoms with Gasteiger partial charge in [0, 0.05) is 38.6 Å². The summed E-state index contributed by atoms with van der Waals surface area (Å²) in [7, 11) is 0. The molecular formula is C46H29NO2. The molecule has 0 fully saturated rings. The smallest absolute Gasteiger partial charge is 0.135 e. The molecule has 0 spiro atoms. The van der Waals surface area contributed by atoms with E-state index in [1.165, 1.54) is 33.0 Å². The molecule has 2 heterocycles. The Morgan fingerprint density at radius 2 is 0.816 bits per heavy atom. The van der Waals surface area contributed by atoms with Crippen molar-refractivity contribution in [1.29, 1.82) is 0 Å². The van der Waals surface area contributed by atoms with E-state index in [0.717, 1.165) is 60.9 Å². The number of nitrogens with zero attached hydrogens (tertiary/aromatic N) is 1. The lowest BCUT2D eigenvalue weighted by molar-refractivity contribution is 0.668. The van der Waals surface area contributed by atoms with Crippen LogP contribution in [0.1, 0.15) is 0 Å². The molecule has 0 saturated carbocycles. The van der Waals surface area contributed by atoms with Crippen LogP contribution in [-0.4, -0.2) is 0 Å². The van der Waals surface area contributed by atoms with Gasteiger partial charge in [-0.05, 0) is 99.8 Å². The fourth-order valence-electron chi connectivity index (χ4n) is 7.30. The van der Waals surface area contributed by atoms with Gasteiger partial charge in [-0.25, -0.2) is 0 Å². The SMILES string of the molecule is c1cc(-c2ccc(N(c3ccc4oc5ccccc5c4c3)c3ccc4oc5ccccc5c4c3)cc2)cc(-c2cccc3ccccc23)c1. The van der Waals surface area contributed by atoms with Crippen molar-refractivity contribution in [3.05, 3.63) is 176 Å². The number of para-hydroxylation sites is 2. The van der Waals surface area contributed by atoms with E-state index in [0.29, 0.717) is 0 Å². The lowest BCUT2D eigenvalue weighted by atomic mass is 9.95. The van der Waals surface area contributed by atoms with Gasteiger partial charge in [0.2, 0.25) is 0 Å². The Balaban J connectivity index is 1.10. The maximum Gasteiger partial charge on any atom is 0.135 e. The molecular weight excluding hydrogens is 599 g/mol. The molecule has 0 amide bonds. The Hall–Kier alpha value is -6.58. The zero-order valence-corrected chi connectivity index (χ0v) is 26.5. The van der Waals surface area contributed by atoms with Crippen molar-refractivity contribution in [1.82, 2.24) is 0 Å². The van der Waals surface area contributed by atoms with Crippen molar-refractivity contribution in [2.75, 3.05) is 4.90 Å². The zero-order valence-electron chi connectivity index (χ0n) is 26.5. The summed E-state index contributed by atoms with van der Waals surface area (Å²) < 4.78 is 12.4. The highest BCUT2D eigenvalue weighted by Gasteiger charge is 2.18. The minimum Gasteiger partial charge on any atom is -0.456 e. The van der Waals surface area contributed by atoms with Gasteiger partial charge in [-0.15, -0.1) is 0 Å². The van der Waals surface area contributed by atoms with Crippen LogP contribution in [0.4, 0.5) is 17.1 Å². The van der Waals surface area contributed by atoms with Crippen molar-refractivity contribution in [3.63, 3.8) is 0 Å². The molecule has 230 valence electrons. The number of anilines is 3. The fourth-order valence-corrected chi connectivity index (χ4v) is 7.30. The molecule has 0 bridgehead atoms. The first-order valence-electron chi connectivity index (χ1n) is 16.6. The van der Waals surface area contributed by atoms with Crippen LogP contribution < -0.4 is 4.90 Å². The first kappa shape index (κ1) is 27.5. The summed E-state index contributed by atoms with van der Waals surface area (Å²) in [5.74, 6) is 0. The van der Waals surface area contributed by atoms with E-state index in [2.05, 4.69) is 157 Å². The predicted octanol–water partition coefficient (Wildman–Crippen LogP) is 13.4. The summed E-state index contributed by atoms with van der Waals surface area (Å²) in [5, 5.41) is 6.91. The third kappa shape index (κ3) is 4.59. The summed E-state index contributed by atoms with van der Waals surface area (Å²) in [6, 6.07) is 62.2. The molecule has 0 unspecified atom stereocenters. The molecule has 49 heavy (non-hydrogen) atoms. The van der Waals surface area contributed by atoms with Crippen molar-refractivity contribution < 1.29 is 8.83 Å². The predicted molar refractivity (Wildman–Crippen MR) is 204 cm³/mol. The summed E-state index contributed by atoms with van der Waals surface area (Å²) >= 11 is 0. The molecule has 0 saturated heterocycles. The van der Waals surface area contributed by atoms with E-state index in [4.69, 9.17) is 8.83 Å². The molecule has 0 atom stereocenters. The standard InChI is InChI=1S/C46H29NO2/c1-2-13-37-31(9-1)10-8-16-38(37)33-12-7-11-32(27-33)30-19-21-34(22-20-30)47(35-23-25-45-41(28-35)39-14-3-5-17-43(39)48-45)36-24-26-46-42(29-36)40-15-4-6-18-44(40)49-46/h1-29H. The minimum absolute atomic E-state index is 0.877. The highest BCUT2D eigenvalue weighted by Crippen LogP contribution is 2.42. The van der Waals surface area contributed by atoms with Crippen molar-refractivity contribution in [2.24, 2.45) is 0 Å². The first-order valence-corrected chi connectivity index (χ1v) is 16.6. The largest absolute Gasteiger partial charge is 0.456 e. The number of furan rings is 2. The summed E-state index contributed by atoms with van der Waals surface area (Å²) in [6.07, 6.45) is 0. The molecule has 0 aliphatic carbocycles. The quantitative estimate of drug-likeness (QED) is 0.190. The molecule has 0 aliphatic rings. The van der Waals surface area contributed by atoms with Gasteiger partial charge in [-0.3, -0.25) is 0 Å². The van der Waals surface area contributed by atoms with Crippen LogP contribution in [0, 0.1) is 0 Å². The highest BCUT2D eigenvalue weighted by molar-refractivity contribution is 6.08. The van der Waals surface area contributed by atoms with Gasteiger partial charge < -0.3 is 13.7 Å². The Labute approximate surface area is 282 Å². The second-order valence-corrected chi connectivity index (χ2v) is 12.5. The monoisotopic (exact) mass is 627 g/mol. The highest BCUT2D eigenvalue weighted by atomic mass is 16.3. The topological polar surface area (TPSA) is 29.5 Å². The van der Waals surface area contributed by atoms with Crippen molar-refractivity contribution in [3.8, 4) is 22.3 Å². The van der Waals surface area contributed by atoms with Gasteiger partial charge in [-0.2, -0.15) is 0 Å². The Morgan fingerprint density at radius 1 is 0.306 bits per heavy atom. The van der Waals surface area contributed by atoms with Crippen LogP contribution in [0.15, 0.2) is 185 Å². The number of rotatable bonds is 5. The fraction of sp³-hybridized carbons (Fsp3) is 0. The molecule has 10 rings (SSSR count). The maximum atomic E-state index is 6.19. The average Bonchev–Trinajstić information content (AvgIpc) is 3.73. The lowest BCUT2D eigenvalue weighted by Crippen LogP contribution is -2.09. The van der Waals surface area contributed by atoms with Gasteiger partial charge in [-0.1, -0.05) is 109 Å². The average molecular weight is 628 g/mol. The molecule has 8 aromatic carbocycles. The van der Waals surface area contributed by atoms with Gasteiger partial charge in [0.1, 0.15) is 22.3 Å². The Kier molecular flexibility index (Phi) is 6.18. The van der Waals surface area contributed by atoms with E-state index in [1.807, 2.05) is 24.3 Å². The van der Waals surface area contributed by atoms with Crippen LogP contribution in [0.5, 0.6) is 0 Å². The zero-order chi connectivity index (χ0) is 32.3. The second kappa shape index (κ2) is 11.0.